The van der Waals surface area contributed by atoms with Crippen molar-refractivity contribution >= 4 is 45.1 Å². The lowest BCUT2D eigenvalue weighted by Crippen LogP contribution is -2.32. The number of imidazole rings is 1. The Morgan fingerprint density at radius 3 is 2.84 bits per heavy atom. The van der Waals surface area contributed by atoms with Gasteiger partial charge in [-0.15, -0.1) is 0 Å². The average Bonchev–Trinajstić information content (AvgIpc) is 3.61. The molecule has 2 aliphatic rings. The van der Waals surface area contributed by atoms with E-state index in [0.29, 0.717) is 28.9 Å². The molecule has 1 aliphatic carbocycles. The molecule has 0 spiro atoms. The van der Waals surface area contributed by atoms with Crippen molar-refractivity contribution in [2.24, 2.45) is 5.92 Å². The molecule has 0 saturated carbocycles. The molecule has 1 aliphatic heterocycles. The Morgan fingerprint density at radius 2 is 2.07 bits per heavy atom. The maximum Gasteiger partial charge on any atom is 0.335 e. The van der Waals surface area contributed by atoms with E-state index < -0.39 is 11.8 Å². The van der Waals surface area contributed by atoms with E-state index in [2.05, 4.69) is 20.6 Å². The summed E-state index contributed by atoms with van der Waals surface area (Å²) in [7, 11) is 0. The number of aromatic nitrogens is 4. The number of halogens is 2. The molecule has 0 amide bonds. The molecule has 3 aromatic heterocycles. The van der Waals surface area contributed by atoms with E-state index in [9.17, 15) is 14.3 Å². The van der Waals surface area contributed by atoms with Gasteiger partial charge < -0.3 is 23.6 Å². The predicted octanol–water partition coefficient (Wildman–Crippen LogP) is 6.86. The van der Waals surface area contributed by atoms with Crippen molar-refractivity contribution in [3.05, 3.63) is 88.5 Å². The summed E-state index contributed by atoms with van der Waals surface area (Å²) in [6.45, 7) is 1.46. The van der Waals surface area contributed by atoms with Gasteiger partial charge in [0.25, 0.3) is 5.88 Å². The first-order valence-electron chi connectivity index (χ1n) is 14.3. The highest BCUT2D eigenvalue weighted by Crippen LogP contribution is 2.33. The summed E-state index contributed by atoms with van der Waals surface area (Å²) >= 11 is 6.23. The van der Waals surface area contributed by atoms with Crippen molar-refractivity contribution in [2.45, 2.75) is 51.4 Å². The van der Waals surface area contributed by atoms with Crippen LogP contribution in [0.5, 0.6) is 5.88 Å². The molecule has 1 fully saturated rings. The minimum Gasteiger partial charge on any atom is -0.478 e. The Hall–Kier alpha value is -4.28. The molecule has 2 aromatic carbocycles. The van der Waals surface area contributed by atoms with Gasteiger partial charge in [-0.3, -0.25) is 0 Å². The zero-order valence-corrected chi connectivity index (χ0v) is 23.9. The van der Waals surface area contributed by atoms with Gasteiger partial charge in [-0.1, -0.05) is 23.7 Å². The van der Waals surface area contributed by atoms with E-state index >= 15 is 0 Å². The van der Waals surface area contributed by atoms with Crippen LogP contribution in [0.4, 0.5) is 4.39 Å². The highest BCUT2D eigenvalue weighted by Gasteiger charge is 2.25. The molecule has 9 nitrogen and oxygen atoms in total. The lowest BCUT2D eigenvalue weighted by atomic mass is 9.87. The number of rotatable bonds is 9. The van der Waals surface area contributed by atoms with Gasteiger partial charge in [0.15, 0.2) is 5.82 Å². The second-order valence-corrected chi connectivity index (χ2v) is 11.4. The van der Waals surface area contributed by atoms with Crippen molar-refractivity contribution in [3.63, 3.8) is 0 Å². The van der Waals surface area contributed by atoms with Crippen LogP contribution in [0.1, 0.15) is 53.3 Å². The van der Waals surface area contributed by atoms with Gasteiger partial charge in [-0.05, 0) is 67.5 Å². The van der Waals surface area contributed by atoms with E-state index in [4.69, 9.17) is 30.5 Å². The fraction of sp³-hybridized carbons (Fsp3) is 0.312. The van der Waals surface area contributed by atoms with Crippen LogP contribution in [-0.2, 0) is 24.3 Å². The molecule has 1 saturated heterocycles. The van der Waals surface area contributed by atoms with Crippen LogP contribution >= 0.6 is 11.6 Å². The number of furan rings is 1. The van der Waals surface area contributed by atoms with E-state index in [1.165, 1.54) is 0 Å². The Kier molecular flexibility index (Phi) is 7.32. The molecular weight excluding hydrogens is 575 g/mol. The fourth-order valence-electron chi connectivity index (χ4n) is 5.78. The molecule has 4 heterocycles. The topological polar surface area (TPSA) is 113 Å². The van der Waals surface area contributed by atoms with Crippen LogP contribution in [-0.4, -0.2) is 43.3 Å². The Bertz CT molecular complexity index is 1880. The molecule has 7 rings (SSSR count). The largest absolute Gasteiger partial charge is 0.478 e. The van der Waals surface area contributed by atoms with Crippen LogP contribution in [0, 0.1) is 11.7 Å². The number of benzene rings is 2. The van der Waals surface area contributed by atoms with Crippen LogP contribution in [0.3, 0.4) is 0 Å². The summed E-state index contributed by atoms with van der Waals surface area (Å²) in [5, 5.41) is 10.8. The third-order valence-corrected chi connectivity index (χ3v) is 8.58. The van der Waals surface area contributed by atoms with E-state index in [-0.39, 0.29) is 24.2 Å². The number of hydrogen-bond donors (Lipinski definition) is 1. The number of carboxylic acid groups (broad SMARTS) is 1. The number of nitrogens with zero attached hydrogens (tertiary/aromatic N) is 4. The Morgan fingerprint density at radius 1 is 1.19 bits per heavy atom. The number of hydrogen-bond acceptors (Lipinski definition) is 7. The van der Waals surface area contributed by atoms with Crippen molar-refractivity contribution in [3.8, 4) is 5.88 Å². The normalized spacial score (nSPS) is 18.5. The SMILES string of the molecule is O=C(O)c1ccc2nc(CC3CC=C(c4ncc(F)c(OCc5ccc(Cl)c6ccoc56)n4)CC3)n(C[C@@H]3CCO3)c2c1. The zero-order valence-electron chi connectivity index (χ0n) is 23.1. The first kappa shape index (κ1) is 27.5. The van der Waals surface area contributed by atoms with Gasteiger partial charge in [0, 0.05) is 24.0 Å². The van der Waals surface area contributed by atoms with Gasteiger partial charge >= 0.3 is 5.97 Å². The standard InChI is InChI=1S/C32H28ClFN4O5/c33-24-7-5-21(29-23(24)10-12-42-29)17-43-31-25(34)15-35-30(37-31)19-3-1-18(2-4-19)13-28-36-26-8-6-20(32(39)40)14-27(26)38(28)16-22-9-11-41-22/h3,5-8,10,12,14-15,18,22H,1-2,4,9,11,13,16-17H2,(H,39,40)/t18?,22-/m0/s1. The molecular formula is C32H28ClFN4O5. The van der Waals surface area contributed by atoms with Crippen molar-refractivity contribution in [2.75, 3.05) is 6.61 Å². The summed E-state index contributed by atoms with van der Waals surface area (Å²) in [4.78, 5) is 25.1. The van der Waals surface area contributed by atoms with E-state index in [0.717, 1.165) is 78.3 Å². The summed E-state index contributed by atoms with van der Waals surface area (Å²) in [5.41, 5.74) is 4.12. The van der Waals surface area contributed by atoms with Gasteiger partial charge in [0.05, 0.1) is 46.7 Å². The molecule has 0 bridgehead atoms. The van der Waals surface area contributed by atoms with Gasteiger partial charge in [0.2, 0.25) is 5.82 Å². The quantitative estimate of drug-likeness (QED) is 0.195. The lowest BCUT2D eigenvalue weighted by Gasteiger charge is -2.28. The molecule has 2 atom stereocenters. The van der Waals surface area contributed by atoms with Gasteiger partial charge in [-0.25, -0.2) is 14.8 Å². The van der Waals surface area contributed by atoms with Crippen molar-refractivity contribution in [1.29, 1.82) is 0 Å². The number of fused-ring (bicyclic) bond motifs is 2. The molecule has 1 unspecified atom stereocenters. The summed E-state index contributed by atoms with van der Waals surface area (Å²) in [5.74, 6) is -0.00525. The second-order valence-electron chi connectivity index (χ2n) is 11.0. The third-order valence-electron chi connectivity index (χ3n) is 8.25. The third kappa shape index (κ3) is 5.48. The van der Waals surface area contributed by atoms with Gasteiger partial charge in [-0.2, -0.15) is 9.37 Å². The lowest BCUT2D eigenvalue weighted by molar-refractivity contribution is -0.0590. The molecule has 0 radical (unpaired) electrons. The van der Waals surface area contributed by atoms with E-state index in [1.54, 1.807) is 42.7 Å². The average molecular weight is 603 g/mol. The molecule has 1 N–H and O–H groups in total. The minimum atomic E-state index is -0.961. The van der Waals surface area contributed by atoms with Crippen LogP contribution in [0.2, 0.25) is 5.02 Å². The highest BCUT2D eigenvalue weighted by molar-refractivity contribution is 6.35. The molecule has 220 valence electrons. The maximum atomic E-state index is 14.6. The predicted molar refractivity (Wildman–Crippen MR) is 158 cm³/mol. The Labute approximate surface area is 250 Å². The van der Waals surface area contributed by atoms with Gasteiger partial charge in [0.1, 0.15) is 18.0 Å². The fourth-order valence-corrected chi connectivity index (χ4v) is 6.00. The van der Waals surface area contributed by atoms with Crippen molar-refractivity contribution < 1.29 is 28.2 Å². The Balaban J connectivity index is 1.07. The smallest absolute Gasteiger partial charge is 0.335 e. The molecule has 5 aromatic rings. The number of carbonyl (C=O) groups is 1. The second kappa shape index (κ2) is 11.4. The summed E-state index contributed by atoms with van der Waals surface area (Å²) < 4.78 is 33.7. The van der Waals surface area contributed by atoms with Crippen LogP contribution in [0.15, 0.2) is 59.4 Å². The highest BCUT2D eigenvalue weighted by atomic mass is 35.5. The van der Waals surface area contributed by atoms with Crippen LogP contribution < -0.4 is 4.74 Å². The maximum absolute atomic E-state index is 14.6. The number of allylic oxidation sites excluding steroid dienone is 2. The number of aromatic carboxylic acids is 1. The monoisotopic (exact) mass is 602 g/mol. The number of ether oxygens (including phenoxy) is 2. The van der Waals surface area contributed by atoms with Crippen molar-refractivity contribution in [1.82, 2.24) is 19.5 Å². The number of carboxylic acids is 1. The zero-order chi connectivity index (χ0) is 29.5. The minimum absolute atomic E-state index is 0.0660. The van der Waals surface area contributed by atoms with Crippen LogP contribution in [0.25, 0.3) is 27.6 Å². The summed E-state index contributed by atoms with van der Waals surface area (Å²) in [6.07, 6.45) is 9.05. The molecule has 43 heavy (non-hydrogen) atoms. The first-order chi connectivity index (χ1) is 20.9. The summed E-state index contributed by atoms with van der Waals surface area (Å²) in [6, 6.07) is 10.4. The first-order valence-corrected chi connectivity index (χ1v) is 14.6. The van der Waals surface area contributed by atoms with E-state index in [1.807, 2.05) is 0 Å². The molecule has 11 heteroatoms.